The van der Waals surface area contributed by atoms with Crippen LogP contribution in [0.15, 0.2) is 28.7 Å². The Labute approximate surface area is 121 Å². The van der Waals surface area contributed by atoms with E-state index in [1.165, 1.54) is 0 Å². The molecule has 2 aromatic rings. The molecule has 2 heterocycles. The minimum Gasteiger partial charge on any atom is -0.478 e. The molecule has 1 aliphatic heterocycles. The lowest BCUT2D eigenvalue weighted by Crippen LogP contribution is -2.08. The monoisotopic (exact) mass is 292 g/mol. The van der Waals surface area contributed by atoms with Gasteiger partial charge in [-0.3, -0.25) is 0 Å². The van der Waals surface area contributed by atoms with Gasteiger partial charge in [0.2, 0.25) is 0 Å². The maximum atomic E-state index is 11.4. The third-order valence-corrected chi connectivity index (χ3v) is 4.52. The Kier molecular flexibility index (Phi) is 3.98. The number of hydrogen-bond donors (Lipinski definition) is 1. The van der Waals surface area contributed by atoms with Gasteiger partial charge in [0.15, 0.2) is 0 Å². The molecule has 1 aromatic carbocycles. The summed E-state index contributed by atoms with van der Waals surface area (Å²) >= 11 is 1.67. The number of fused-ring (bicyclic) bond motifs is 1. The van der Waals surface area contributed by atoms with E-state index in [0.717, 1.165) is 25.2 Å². The molecule has 106 valence electrons. The Hall–Kier alpha value is -1.46. The smallest absolute Gasteiger partial charge is 0.339 e. The van der Waals surface area contributed by atoms with Crippen LogP contribution in [0, 0.1) is 0 Å². The summed E-state index contributed by atoms with van der Waals surface area (Å²) in [7, 11) is 0. The first-order chi connectivity index (χ1) is 9.75. The second kappa shape index (κ2) is 5.89. The second-order valence-electron chi connectivity index (χ2n) is 4.85. The first-order valence-corrected chi connectivity index (χ1v) is 7.84. The maximum Gasteiger partial charge on any atom is 0.339 e. The van der Waals surface area contributed by atoms with Gasteiger partial charge in [-0.25, -0.2) is 4.79 Å². The zero-order valence-electron chi connectivity index (χ0n) is 11.0. The van der Waals surface area contributed by atoms with Crippen LogP contribution in [0.5, 0.6) is 0 Å². The highest BCUT2D eigenvalue weighted by Crippen LogP contribution is 2.29. The third kappa shape index (κ3) is 2.69. The topological polar surface area (TPSA) is 59.7 Å². The van der Waals surface area contributed by atoms with Crippen LogP contribution >= 0.6 is 11.8 Å². The largest absolute Gasteiger partial charge is 0.478 e. The first-order valence-electron chi connectivity index (χ1n) is 6.69. The molecule has 5 heteroatoms. The minimum atomic E-state index is -0.928. The molecule has 1 aliphatic rings. The Morgan fingerprint density at radius 3 is 3.00 bits per heavy atom. The number of hydrogen-bond acceptors (Lipinski definition) is 4. The van der Waals surface area contributed by atoms with Gasteiger partial charge in [0.05, 0.1) is 11.9 Å². The van der Waals surface area contributed by atoms with Crippen LogP contribution in [-0.2, 0) is 10.5 Å². The van der Waals surface area contributed by atoms with Gasteiger partial charge in [-0.05, 0) is 18.9 Å². The van der Waals surface area contributed by atoms with Crippen molar-refractivity contribution >= 4 is 28.7 Å². The molecular formula is C15H16O4S. The van der Waals surface area contributed by atoms with Gasteiger partial charge in [0.1, 0.15) is 16.9 Å². The van der Waals surface area contributed by atoms with Crippen molar-refractivity contribution in [3.8, 4) is 0 Å². The Morgan fingerprint density at radius 2 is 2.25 bits per heavy atom. The Bertz CT molecular complexity index is 613. The molecule has 0 spiro atoms. The molecule has 1 aromatic heterocycles. The molecule has 0 amide bonds. The predicted octanol–water partition coefficient (Wildman–Crippen LogP) is 3.54. The first kappa shape index (κ1) is 13.5. The van der Waals surface area contributed by atoms with Gasteiger partial charge in [0.25, 0.3) is 0 Å². The summed E-state index contributed by atoms with van der Waals surface area (Å²) in [5, 5.41) is 10.0. The quantitative estimate of drug-likeness (QED) is 0.913. The SMILES string of the molecule is O=C(O)c1c(CSCC2CCCO2)oc2ccccc12. The molecule has 1 fully saturated rings. The molecule has 3 rings (SSSR count). The van der Waals surface area contributed by atoms with Crippen molar-refractivity contribution in [2.75, 3.05) is 12.4 Å². The van der Waals surface area contributed by atoms with Crippen molar-refractivity contribution in [3.63, 3.8) is 0 Å². The van der Waals surface area contributed by atoms with Crippen LogP contribution in [0.4, 0.5) is 0 Å². The minimum absolute atomic E-state index is 0.292. The lowest BCUT2D eigenvalue weighted by molar-refractivity contribution is 0.0697. The molecule has 1 saturated heterocycles. The maximum absolute atomic E-state index is 11.4. The number of rotatable bonds is 5. The number of ether oxygens (including phenoxy) is 1. The van der Waals surface area contributed by atoms with Gasteiger partial charge in [-0.2, -0.15) is 11.8 Å². The van der Waals surface area contributed by atoms with Crippen LogP contribution in [0.25, 0.3) is 11.0 Å². The number of carboxylic acids is 1. The summed E-state index contributed by atoms with van der Waals surface area (Å²) < 4.78 is 11.2. The molecule has 1 N–H and O–H groups in total. The second-order valence-corrected chi connectivity index (χ2v) is 5.88. The van der Waals surface area contributed by atoms with Gasteiger partial charge >= 0.3 is 5.97 Å². The van der Waals surface area contributed by atoms with Gasteiger partial charge in [-0.15, -0.1) is 0 Å². The molecule has 1 unspecified atom stereocenters. The molecule has 0 bridgehead atoms. The van der Waals surface area contributed by atoms with E-state index in [0.29, 0.717) is 34.1 Å². The van der Waals surface area contributed by atoms with Gasteiger partial charge < -0.3 is 14.3 Å². The summed E-state index contributed by atoms with van der Waals surface area (Å²) in [6, 6.07) is 7.26. The molecule has 0 saturated carbocycles. The normalized spacial score (nSPS) is 18.7. The van der Waals surface area contributed by atoms with E-state index in [4.69, 9.17) is 9.15 Å². The van der Waals surface area contributed by atoms with E-state index in [2.05, 4.69) is 0 Å². The fourth-order valence-electron chi connectivity index (χ4n) is 2.49. The van der Waals surface area contributed by atoms with Crippen molar-refractivity contribution in [2.45, 2.75) is 24.7 Å². The zero-order valence-corrected chi connectivity index (χ0v) is 11.8. The average Bonchev–Trinajstić information content (AvgIpc) is 3.05. The molecule has 4 nitrogen and oxygen atoms in total. The Morgan fingerprint density at radius 1 is 1.40 bits per heavy atom. The third-order valence-electron chi connectivity index (χ3n) is 3.44. The van der Waals surface area contributed by atoms with Gasteiger partial charge in [0, 0.05) is 17.7 Å². The summed E-state index contributed by atoms with van der Waals surface area (Å²) in [4.78, 5) is 11.4. The van der Waals surface area contributed by atoms with Gasteiger partial charge in [-0.1, -0.05) is 18.2 Å². The number of carboxylic acid groups (broad SMARTS) is 1. The predicted molar refractivity (Wildman–Crippen MR) is 78.3 cm³/mol. The lowest BCUT2D eigenvalue weighted by Gasteiger charge is -2.07. The highest BCUT2D eigenvalue weighted by molar-refractivity contribution is 7.98. The summed E-state index contributed by atoms with van der Waals surface area (Å²) in [6.45, 7) is 0.843. The van der Waals surface area contributed by atoms with Crippen molar-refractivity contribution in [1.82, 2.24) is 0 Å². The standard InChI is InChI=1S/C15H16O4S/c16-15(17)14-11-5-1-2-6-12(11)19-13(14)9-20-8-10-4-3-7-18-10/h1-2,5-6,10H,3-4,7-9H2,(H,16,17). The van der Waals surface area contributed by atoms with Crippen LogP contribution < -0.4 is 0 Å². The molecule has 0 radical (unpaired) electrons. The van der Waals surface area contributed by atoms with E-state index in [1.54, 1.807) is 23.9 Å². The molecule has 1 atom stereocenters. The number of carbonyl (C=O) groups is 1. The zero-order chi connectivity index (χ0) is 13.9. The molecule has 20 heavy (non-hydrogen) atoms. The average molecular weight is 292 g/mol. The van der Waals surface area contributed by atoms with E-state index in [-0.39, 0.29) is 0 Å². The summed E-state index contributed by atoms with van der Waals surface area (Å²) in [5.41, 5.74) is 0.929. The molecular weight excluding hydrogens is 276 g/mol. The van der Waals surface area contributed by atoms with Crippen LogP contribution in [-0.4, -0.2) is 29.5 Å². The number of aromatic carboxylic acids is 1. The highest BCUT2D eigenvalue weighted by Gasteiger charge is 2.21. The number of para-hydroxylation sites is 1. The van der Waals surface area contributed by atoms with Crippen molar-refractivity contribution in [3.05, 3.63) is 35.6 Å². The lowest BCUT2D eigenvalue weighted by atomic mass is 10.1. The van der Waals surface area contributed by atoms with Crippen LogP contribution in [0.2, 0.25) is 0 Å². The van der Waals surface area contributed by atoms with E-state index in [9.17, 15) is 9.90 Å². The summed E-state index contributed by atoms with van der Waals surface area (Å²) in [6.07, 6.45) is 2.52. The Balaban J connectivity index is 1.76. The van der Waals surface area contributed by atoms with Crippen LogP contribution in [0.1, 0.15) is 29.0 Å². The fraction of sp³-hybridized carbons (Fsp3) is 0.400. The van der Waals surface area contributed by atoms with Crippen molar-refractivity contribution < 1.29 is 19.1 Å². The van der Waals surface area contributed by atoms with E-state index in [1.807, 2.05) is 12.1 Å². The summed E-state index contributed by atoms with van der Waals surface area (Å²) in [5.74, 6) is 1.07. The van der Waals surface area contributed by atoms with Crippen molar-refractivity contribution in [2.24, 2.45) is 0 Å². The fourth-order valence-corrected chi connectivity index (χ4v) is 3.52. The number of furan rings is 1. The highest BCUT2D eigenvalue weighted by atomic mass is 32.2. The van der Waals surface area contributed by atoms with Crippen LogP contribution in [0.3, 0.4) is 0 Å². The van der Waals surface area contributed by atoms with E-state index < -0.39 is 5.97 Å². The molecule has 0 aliphatic carbocycles. The number of benzene rings is 1. The van der Waals surface area contributed by atoms with E-state index >= 15 is 0 Å². The van der Waals surface area contributed by atoms with Crippen molar-refractivity contribution in [1.29, 1.82) is 0 Å². The number of thioether (sulfide) groups is 1.